The van der Waals surface area contributed by atoms with Gasteiger partial charge in [0, 0.05) is 15.5 Å². The van der Waals surface area contributed by atoms with Crippen LogP contribution in [-0.4, -0.2) is 5.97 Å². The van der Waals surface area contributed by atoms with Gasteiger partial charge in [0.1, 0.15) is 6.10 Å². The molecule has 1 aromatic rings. The number of rotatable bonds is 1. The van der Waals surface area contributed by atoms with Gasteiger partial charge in [0.25, 0.3) is 0 Å². The Bertz CT molecular complexity index is 398. The average Bonchev–Trinajstić information content (AvgIpc) is 2.40. The first-order valence-electron chi connectivity index (χ1n) is 4.94. The molecule has 1 heterocycles. The number of carbonyl (C=O) groups is 1. The van der Waals surface area contributed by atoms with Crippen LogP contribution in [0.25, 0.3) is 0 Å². The van der Waals surface area contributed by atoms with Crippen molar-refractivity contribution in [3.63, 3.8) is 0 Å². The fourth-order valence-corrected chi connectivity index (χ4v) is 2.46. The first-order valence-corrected chi connectivity index (χ1v) is 5.74. The second-order valence-corrected chi connectivity index (χ2v) is 5.41. The molecule has 0 spiro atoms. The Kier molecular flexibility index (Phi) is 2.59. The molecule has 0 amide bonds. The average molecular weight is 269 g/mol. The van der Waals surface area contributed by atoms with Crippen molar-refractivity contribution in [3.8, 4) is 0 Å². The highest BCUT2D eigenvalue weighted by molar-refractivity contribution is 9.10. The van der Waals surface area contributed by atoms with E-state index >= 15 is 0 Å². The van der Waals surface area contributed by atoms with Crippen LogP contribution in [0.2, 0.25) is 0 Å². The minimum absolute atomic E-state index is 0.110. The Balaban J connectivity index is 2.40. The topological polar surface area (TPSA) is 26.3 Å². The van der Waals surface area contributed by atoms with E-state index in [0.29, 0.717) is 6.42 Å². The minimum atomic E-state index is -0.138. The number of ether oxygens (including phenoxy) is 1. The number of hydrogen-bond donors (Lipinski definition) is 0. The second-order valence-electron chi connectivity index (χ2n) is 4.56. The molecular formula is C12H13BrO2. The predicted molar refractivity (Wildman–Crippen MR) is 61.4 cm³/mol. The molecule has 15 heavy (non-hydrogen) atoms. The van der Waals surface area contributed by atoms with E-state index in [1.54, 1.807) is 0 Å². The summed E-state index contributed by atoms with van der Waals surface area (Å²) in [5.41, 5.74) is 0.925. The molecule has 0 saturated carbocycles. The molecular weight excluding hydrogens is 256 g/mol. The van der Waals surface area contributed by atoms with E-state index in [2.05, 4.69) is 29.8 Å². The number of hydrogen-bond acceptors (Lipinski definition) is 2. The van der Waals surface area contributed by atoms with Crippen molar-refractivity contribution in [2.24, 2.45) is 5.41 Å². The molecule has 1 aromatic carbocycles. The molecule has 0 unspecified atom stereocenters. The minimum Gasteiger partial charge on any atom is -0.457 e. The van der Waals surface area contributed by atoms with Crippen molar-refractivity contribution in [1.29, 1.82) is 0 Å². The van der Waals surface area contributed by atoms with E-state index in [9.17, 15) is 4.79 Å². The number of esters is 1. The van der Waals surface area contributed by atoms with Gasteiger partial charge in [-0.3, -0.25) is 4.79 Å². The van der Waals surface area contributed by atoms with E-state index in [-0.39, 0.29) is 17.5 Å². The van der Waals surface area contributed by atoms with Crippen molar-refractivity contribution < 1.29 is 9.53 Å². The van der Waals surface area contributed by atoms with Gasteiger partial charge >= 0.3 is 5.97 Å². The smallest absolute Gasteiger partial charge is 0.307 e. The number of halogens is 1. The van der Waals surface area contributed by atoms with Crippen LogP contribution >= 0.6 is 15.9 Å². The quantitative estimate of drug-likeness (QED) is 0.730. The van der Waals surface area contributed by atoms with Crippen LogP contribution in [0.1, 0.15) is 31.9 Å². The summed E-state index contributed by atoms with van der Waals surface area (Å²) in [4.78, 5) is 11.3. The molecule has 0 aliphatic carbocycles. The van der Waals surface area contributed by atoms with Gasteiger partial charge in [-0.15, -0.1) is 0 Å². The summed E-state index contributed by atoms with van der Waals surface area (Å²) < 4.78 is 6.37. The third kappa shape index (κ3) is 1.93. The monoisotopic (exact) mass is 268 g/mol. The van der Waals surface area contributed by atoms with Crippen LogP contribution in [0.5, 0.6) is 0 Å². The lowest BCUT2D eigenvalue weighted by molar-refractivity contribution is -0.142. The fraction of sp³-hybridized carbons (Fsp3) is 0.417. The third-order valence-corrected chi connectivity index (χ3v) is 3.47. The Labute approximate surface area is 97.8 Å². The zero-order chi connectivity index (χ0) is 11.1. The number of cyclic esters (lactones) is 1. The van der Waals surface area contributed by atoms with Crippen LogP contribution in [0.3, 0.4) is 0 Å². The standard InChI is InChI=1S/C12H13BrO2/c1-12(2)7-10(14)15-11(12)8-5-3-4-6-9(8)13/h3-6,11H,7H2,1-2H3/t11-/m0/s1. The Hall–Kier alpha value is -0.830. The van der Waals surface area contributed by atoms with Gasteiger partial charge in [-0.2, -0.15) is 0 Å². The highest BCUT2D eigenvalue weighted by Crippen LogP contribution is 2.46. The zero-order valence-electron chi connectivity index (χ0n) is 8.79. The molecule has 0 aromatic heterocycles. The first-order chi connectivity index (χ1) is 7.00. The summed E-state index contributed by atoms with van der Waals surface area (Å²) in [7, 11) is 0. The molecule has 1 aliphatic rings. The SMILES string of the molecule is CC1(C)CC(=O)O[C@H]1c1ccccc1Br. The van der Waals surface area contributed by atoms with Gasteiger partial charge in [0.05, 0.1) is 6.42 Å². The van der Waals surface area contributed by atoms with Gasteiger partial charge in [-0.25, -0.2) is 0 Å². The molecule has 1 fully saturated rings. The normalized spacial score (nSPS) is 23.9. The van der Waals surface area contributed by atoms with E-state index in [1.807, 2.05) is 24.3 Å². The Morgan fingerprint density at radius 2 is 2.07 bits per heavy atom. The Morgan fingerprint density at radius 1 is 1.40 bits per heavy atom. The summed E-state index contributed by atoms with van der Waals surface area (Å²) in [6, 6.07) is 7.88. The summed E-state index contributed by atoms with van der Waals surface area (Å²) in [5, 5.41) is 0. The summed E-state index contributed by atoms with van der Waals surface area (Å²) in [5.74, 6) is -0.110. The molecule has 1 saturated heterocycles. The van der Waals surface area contributed by atoms with Crippen LogP contribution in [0.15, 0.2) is 28.7 Å². The van der Waals surface area contributed by atoms with Crippen LogP contribution in [-0.2, 0) is 9.53 Å². The number of benzene rings is 1. The molecule has 0 N–H and O–H groups in total. The number of carbonyl (C=O) groups excluding carboxylic acids is 1. The van der Waals surface area contributed by atoms with E-state index < -0.39 is 0 Å². The molecule has 1 aliphatic heterocycles. The van der Waals surface area contributed by atoms with Crippen molar-refractivity contribution in [2.75, 3.05) is 0 Å². The first kappa shape index (κ1) is 10.7. The van der Waals surface area contributed by atoms with E-state index in [1.165, 1.54) is 0 Å². The van der Waals surface area contributed by atoms with Crippen LogP contribution < -0.4 is 0 Å². The van der Waals surface area contributed by atoms with Gasteiger partial charge in [-0.05, 0) is 6.07 Å². The maximum absolute atomic E-state index is 11.3. The van der Waals surface area contributed by atoms with E-state index in [4.69, 9.17) is 4.74 Å². The molecule has 0 bridgehead atoms. The summed E-state index contributed by atoms with van der Waals surface area (Å²) in [6.45, 7) is 4.12. The third-order valence-electron chi connectivity index (χ3n) is 2.75. The van der Waals surface area contributed by atoms with Crippen LogP contribution in [0, 0.1) is 5.41 Å². The molecule has 0 radical (unpaired) electrons. The van der Waals surface area contributed by atoms with Crippen molar-refractivity contribution in [2.45, 2.75) is 26.4 Å². The highest BCUT2D eigenvalue weighted by Gasteiger charge is 2.43. The Morgan fingerprint density at radius 3 is 2.60 bits per heavy atom. The fourth-order valence-electron chi connectivity index (χ4n) is 1.97. The van der Waals surface area contributed by atoms with Gasteiger partial charge in [0.2, 0.25) is 0 Å². The predicted octanol–water partition coefficient (Wildman–Crippen LogP) is 3.46. The summed E-state index contributed by atoms with van der Waals surface area (Å²) >= 11 is 3.49. The lowest BCUT2D eigenvalue weighted by Crippen LogP contribution is -2.16. The second kappa shape index (κ2) is 3.63. The molecule has 3 heteroatoms. The molecule has 2 nitrogen and oxygen atoms in total. The lowest BCUT2D eigenvalue weighted by atomic mass is 9.82. The van der Waals surface area contributed by atoms with Gasteiger partial charge < -0.3 is 4.74 Å². The molecule has 1 atom stereocenters. The van der Waals surface area contributed by atoms with Crippen molar-refractivity contribution in [1.82, 2.24) is 0 Å². The van der Waals surface area contributed by atoms with Gasteiger partial charge in [0.15, 0.2) is 0 Å². The van der Waals surface area contributed by atoms with E-state index in [0.717, 1.165) is 10.0 Å². The molecule has 80 valence electrons. The maximum atomic E-state index is 11.3. The lowest BCUT2D eigenvalue weighted by Gasteiger charge is -2.24. The molecule has 2 rings (SSSR count). The zero-order valence-corrected chi connectivity index (χ0v) is 10.4. The maximum Gasteiger partial charge on any atom is 0.307 e. The van der Waals surface area contributed by atoms with Gasteiger partial charge in [-0.1, -0.05) is 48.0 Å². The largest absolute Gasteiger partial charge is 0.457 e. The van der Waals surface area contributed by atoms with Crippen molar-refractivity contribution in [3.05, 3.63) is 34.3 Å². The highest BCUT2D eigenvalue weighted by atomic mass is 79.9. The van der Waals surface area contributed by atoms with Crippen LogP contribution in [0.4, 0.5) is 0 Å². The summed E-state index contributed by atoms with van der Waals surface area (Å²) in [6.07, 6.45) is 0.347. The van der Waals surface area contributed by atoms with Crippen molar-refractivity contribution >= 4 is 21.9 Å².